The minimum Gasteiger partial charge on any atom is -0.481 e. The predicted molar refractivity (Wildman–Crippen MR) is 75.8 cm³/mol. The third-order valence-corrected chi connectivity index (χ3v) is 3.46. The second-order valence-electron chi connectivity index (χ2n) is 4.87. The summed E-state index contributed by atoms with van der Waals surface area (Å²) >= 11 is 0. The average Bonchev–Trinajstić information content (AvgIpc) is 3.00. The predicted octanol–water partition coefficient (Wildman–Crippen LogP) is 1.48. The molecule has 1 aliphatic heterocycles. The molecule has 1 N–H and O–H groups in total. The Morgan fingerprint density at radius 1 is 1.50 bits per heavy atom. The summed E-state index contributed by atoms with van der Waals surface area (Å²) in [6.45, 7) is 0.924. The van der Waals surface area contributed by atoms with Gasteiger partial charge >= 0.3 is 5.69 Å². The Morgan fingerprint density at radius 2 is 2.32 bits per heavy atom. The van der Waals surface area contributed by atoms with Crippen LogP contribution < -0.4 is 10.2 Å². The maximum absolute atomic E-state index is 12.1. The maximum Gasteiger partial charge on any atom is 0.311 e. The van der Waals surface area contributed by atoms with Crippen LogP contribution in [0.5, 0.6) is 5.75 Å². The first-order chi connectivity index (χ1) is 10.6. The van der Waals surface area contributed by atoms with Crippen molar-refractivity contribution in [1.29, 1.82) is 5.26 Å². The number of hydrogen-bond donors (Lipinski definition) is 1. The topological polar surface area (TPSA) is 118 Å². The lowest BCUT2D eigenvalue weighted by molar-refractivity contribution is -0.385. The molecule has 0 unspecified atom stereocenters. The van der Waals surface area contributed by atoms with E-state index in [4.69, 9.17) is 14.7 Å². The van der Waals surface area contributed by atoms with Crippen molar-refractivity contribution < 1.29 is 14.4 Å². The first-order valence-corrected chi connectivity index (χ1v) is 6.58. The Morgan fingerprint density at radius 3 is 2.95 bits per heavy atom. The number of nitrogens with one attached hydrogen (secondary N) is 1. The van der Waals surface area contributed by atoms with Gasteiger partial charge in [-0.15, -0.1) is 0 Å². The lowest BCUT2D eigenvalue weighted by atomic mass is 10.1. The molecule has 0 spiro atoms. The summed E-state index contributed by atoms with van der Waals surface area (Å²) in [4.78, 5) is 25.5. The fourth-order valence-corrected chi connectivity index (χ4v) is 2.34. The van der Waals surface area contributed by atoms with Gasteiger partial charge in [0.05, 0.1) is 29.0 Å². The zero-order valence-corrected chi connectivity index (χ0v) is 11.4. The Bertz CT molecular complexity index is 846. The molecule has 8 nitrogen and oxygen atoms in total. The van der Waals surface area contributed by atoms with Crippen molar-refractivity contribution in [2.45, 2.75) is 12.5 Å². The molecule has 112 valence electrons. The number of aromatic nitrogens is 1. The molecule has 0 amide bonds. The largest absolute Gasteiger partial charge is 0.481 e. The molecule has 1 aromatic carbocycles. The molecule has 0 saturated carbocycles. The highest BCUT2D eigenvalue weighted by Gasteiger charge is 2.24. The van der Waals surface area contributed by atoms with Crippen LogP contribution >= 0.6 is 0 Å². The summed E-state index contributed by atoms with van der Waals surface area (Å²) in [7, 11) is 0. The van der Waals surface area contributed by atoms with Crippen LogP contribution in [0, 0.1) is 21.4 Å². The second-order valence-corrected chi connectivity index (χ2v) is 4.87. The minimum atomic E-state index is -0.608. The quantitative estimate of drug-likeness (QED) is 0.677. The number of nitro groups is 1. The highest BCUT2D eigenvalue weighted by molar-refractivity contribution is 5.84. The van der Waals surface area contributed by atoms with Crippen LogP contribution in [0.4, 0.5) is 5.69 Å². The van der Waals surface area contributed by atoms with Gasteiger partial charge in [-0.2, -0.15) is 5.26 Å². The van der Waals surface area contributed by atoms with Crippen molar-refractivity contribution in [1.82, 2.24) is 4.98 Å². The number of hydrogen-bond acceptors (Lipinski definition) is 6. The summed E-state index contributed by atoms with van der Waals surface area (Å²) in [6, 6.07) is 4.30. The number of rotatable bonds is 3. The molecule has 2 heterocycles. The molecule has 0 aliphatic carbocycles. The molecule has 0 radical (unpaired) electrons. The van der Waals surface area contributed by atoms with Crippen LogP contribution in [0.1, 0.15) is 12.0 Å². The van der Waals surface area contributed by atoms with Crippen LogP contribution in [0.15, 0.2) is 23.1 Å². The molecular formula is C14H11N3O5. The van der Waals surface area contributed by atoms with Gasteiger partial charge in [-0.05, 0) is 0 Å². The number of nitro benzene ring substituents is 1. The molecule has 1 saturated heterocycles. The highest BCUT2D eigenvalue weighted by Crippen LogP contribution is 2.32. The van der Waals surface area contributed by atoms with E-state index in [0.29, 0.717) is 25.2 Å². The molecule has 1 aromatic heterocycles. The fourth-order valence-electron chi connectivity index (χ4n) is 2.34. The van der Waals surface area contributed by atoms with Crippen molar-refractivity contribution >= 4 is 16.6 Å². The third kappa shape index (κ3) is 2.38. The van der Waals surface area contributed by atoms with E-state index in [9.17, 15) is 14.9 Å². The molecule has 0 bridgehead atoms. The Balaban J connectivity index is 2.15. The van der Waals surface area contributed by atoms with Gasteiger partial charge in [0.15, 0.2) is 5.75 Å². The summed E-state index contributed by atoms with van der Waals surface area (Å²) in [5, 5.41) is 20.2. The zero-order chi connectivity index (χ0) is 15.7. The van der Waals surface area contributed by atoms with E-state index < -0.39 is 10.4 Å². The van der Waals surface area contributed by atoms with Gasteiger partial charge in [-0.1, -0.05) is 0 Å². The van der Waals surface area contributed by atoms with Crippen LogP contribution in [-0.2, 0) is 4.74 Å². The Labute approximate surface area is 124 Å². The summed E-state index contributed by atoms with van der Waals surface area (Å²) in [5.74, 6) is 0.0772. The first kappa shape index (κ1) is 14.0. The van der Waals surface area contributed by atoms with Gasteiger partial charge in [0.1, 0.15) is 17.7 Å². The minimum absolute atomic E-state index is 0.0772. The summed E-state index contributed by atoms with van der Waals surface area (Å²) < 4.78 is 10.8. The van der Waals surface area contributed by atoms with Gasteiger partial charge < -0.3 is 14.5 Å². The first-order valence-electron chi connectivity index (χ1n) is 6.58. The van der Waals surface area contributed by atoms with Crippen molar-refractivity contribution in [3.8, 4) is 11.8 Å². The maximum atomic E-state index is 12.1. The van der Waals surface area contributed by atoms with E-state index in [-0.39, 0.29) is 28.5 Å². The molecule has 1 atom stereocenters. The standard InChI is InChI=1S/C14H11N3O5/c15-5-8-6-16-11-4-13(22-9-1-2-21-7-9)12(17(19)20)3-10(11)14(8)18/h3-4,6,9H,1-2,7H2,(H,16,18)/t9-/m1/s1. The van der Waals surface area contributed by atoms with E-state index in [0.717, 1.165) is 6.07 Å². The highest BCUT2D eigenvalue weighted by atomic mass is 16.6. The van der Waals surface area contributed by atoms with Crippen molar-refractivity contribution in [3.05, 3.63) is 44.2 Å². The van der Waals surface area contributed by atoms with Crippen LogP contribution in [0.2, 0.25) is 0 Å². The van der Waals surface area contributed by atoms with E-state index in [1.54, 1.807) is 6.07 Å². The summed E-state index contributed by atoms with van der Waals surface area (Å²) in [6.07, 6.45) is 1.68. The lowest BCUT2D eigenvalue weighted by Crippen LogP contribution is -2.17. The molecule has 1 aliphatic rings. The van der Waals surface area contributed by atoms with Gasteiger partial charge in [0.2, 0.25) is 5.43 Å². The number of H-pyrrole nitrogens is 1. The Kier molecular flexibility index (Phi) is 3.48. The normalized spacial score (nSPS) is 17.3. The smallest absolute Gasteiger partial charge is 0.311 e. The van der Waals surface area contributed by atoms with E-state index in [1.165, 1.54) is 12.3 Å². The number of pyridine rings is 1. The molecule has 1 fully saturated rings. The van der Waals surface area contributed by atoms with Crippen molar-refractivity contribution in [2.75, 3.05) is 13.2 Å². The fraction of sp³-hybridized carbons (Fsp3) is 0.286. The number of nitriles is 1. The summed E-state index contributed by atoms with van der Waals surface area (Å²) in [5.41, 5.74) is -0.571. The third-order valence-electron chi connectivity index (χ3n) is 3.46. The second kappa shape index (κ2) is 5.46. The molecular weight excluding hydrogens is 290 g/mol. The zero-order valence-electron chi connectivity index (χ0n) is 11.4. The van der Waals surface area contributed by atoms with Crippen LogP contribution in [0.3, 0.4) is 0 Å². The van der Waals surface area contributed by atoms with Crippen molar-refractivity contribution in [2.24, 2.45) is 0 Å². The van der Waals surface area contributed by atoms with Crippen molar-refractivity contribution in [3.63, 3.8) is 0 Å². The average molecular weight is 301 g/mol. The molecule has 8 heteroatoms. The number of aromatic amines is 1. The van der Waals surface area contributed by atoms with E-state index >= 15 is 0 Å². The number of ether oxygens (including phenoxy) is 2. The monoisotopic (exact) mass is 301 g/mol. The van der Waals surface area contributed by atoms with Gasteiger partial charge in [0, 0.05) is 24.8 Å². The number of benzene rings is 1. The molecule has 2 aromatic rings. The SMILES string of the molecule is N#Cc1c[nH]c2cc(O[C@@H]3CCOC3)c([N+](=O)[O-])cc2c1=O. The lowest BCUT2D eigenvalue weighted by Gasteiger charge is -2.12. The van der Waals surface area contributed by atoms with Crippen LogP contribution in [0.25, 0.3) is 10.9 Å². The van der Waals surface area contributed by atoms with Gasteiger partial charge in [0.25, 0.3) is 0 Å². The number of nitrogens with zero attached hydrogens (tertiary/aromatic N) is 2. The Hall–Kier alpha value is -2.92. The van der Waals surface area contributed by atoms with Gasteiger partial charge in [-0.3, -0.25) is 14.9 Å². The van der Waals surface area contributed by atoms with Crippen LogP contribution in [-0.4, -0.2) is 29.2 Å². The van der Waals surface area contributed by atoms with Gasteiger partial charge in [-0.25, -0.2) is 0 Å². The molecule has 22 heavy (non-hydrogen) atoms. The number of fused-ring (bicyclic) bond motifs is 1. The van der Waals surface area contributed by atoms with E-state index in [2.05, 4.69) is 4.98 Å². The molecule has 3 rings (SSSR count). The van der Waals surface area contributed by atoms with E-state index in [1.807, 2.05) is 0 Å².